The second-order valence-corrected chi connectivity index (χ2v) is 5.79. The SMILES string of the molecule is C[C@@H](CO)Nc1nc(Nc2ccc(F)cc2Br)cc(C(F)(F)F)n1. The minimum absolute atomic E-state index is 0.128. The number of aliphatic hydroxyl groups excluding tert-OH is 1. The Bertz CT molecular complexity index is 726. The molecule has 0 bridgehead atoms. The lowest BCUT2D eigenvalue weighted by molar-refractivity contribution is -0.141. The fraction of sp³-hybridized carbons (Fsp3) is 0.286. The molecule has 24 heavy (non-hydrogen) atoms. The van der Waals surface area contributed by atoms with E-state index in [2.05, 4.69) is 36.5 Å². The number of nitrogens with one attached hydrogen (secondary N) is 2. The zero-order valence-electron chi connectivity index (χ0n) is 12.3. The number of nitrogens with zero attached hydrogens (tertiary/aromatic N) is 2. The Kier molecular flexibility index (Phi) is 5.60. The highest BCUT2D eigenvalue weighted by atomic mass is 79.9. The predicted molar refractivity (Wildman–Crippen MR) is 84.6 cm³/mol. The van der Waals surface area contributed by atoms with Gasteiger partial charge in [-0.25, -0.2) is 9.37 Å². The zero-order chi connectivity index (χ0) is 17.9. The van der Waals surface area contributed by atoms with E-state index in [9.17, 15) is 17.6 Å². The number of aliphatic hydroxyl groups is 1. The highest BCUT2D eigenvalue weighted by molar-refractivity contribution is 9.10. The quantitative estimate of drug-likeness (QED) is 0.653. The maximum absolute atomic E-state index is 13.1. The van der Waals surface area contributed by atoms with Gasteiger partial charge in [0.15, 0.2) is 5.69 Å². The number of halogens is 5. The fourth-order valence-corrected chi connectivity index (χ4v) is 2.17. The number of alkyl halides is 3. The third kappa shape index (κ3) is 4.78. The first-order valence-corrected chi connectivity index (χ1v) is 7.54. The maximum Gasteiger partial charge on any atom is 0.433 e. The molecule has 1 atom stereocenters. The van der Waals surface area contributed by atoms with Crippen LogP contribution < -0.4 is 10.6 Å². The Labute approximate surface area is 143 Å². The van der Waals surface area contributed by atoms with Crippen molar-refractivity contribution in [2.45, 2.75) is 19.1 Å². The van der Waals surface area contributed by atoms with Crippen molar-refractivity contribution < 1.29 is 22.7 Å². The number of aromatic nitrogens is 2. The van der Waals surface area contributed by atoms with Gasteiger partial charge in [-0.05, 0) is 41.1 Å². The molecule has 0 saturated heterocycles. The molecule has 1 aromatic heterocycles. The van der Waals surface area contributed by atoms with Gasteiger partial charge in [0.25, 0.3) is 0 Å². The normalized spacial score (nSPS) is 12.8. The Morgan fingerprint density at radius 3 is 2.54 bits per heavy atom. The first-order chi connectivity index (χ1) is 11.2. The molecule has 2 aromatic rings. The summed E-state index contributed by atoms with van der Waals surface area (Å²) >= 11 is 3.12. The van der Waals surface area contributed by atoms with E-state index < -0.39 is 23.7 Å². The summed E-state index contributed by atoms with van der Waals surface area (Å²) in [7, 11) is 0. The summed E-state index contributed by atoms with van der Waals surface area (Å²) in [6, 6.07) is 3.90. The zero-order valence-corrected chi connectivity index (χ0v) is 13.9. The van der Waals surface area contributed by atoms with Gasteiger partial charge in [-0.3, -0.25) is 0 Å². The summed E-state index contributed by atoms with van der Waals surface area (Å²) in [5, 5.41) is 14.2. The van der Waals surface area contributed by atoms with Crippen LogP contribution >= 0.6 is 15.9 Å². The molecule has 0 aliphatic heterocycles. The molecule has 130 valence electrons. The smallest absolute Gasteiger partial charge is 0.394 e. The molecule has 0 radical (unpaired) electrons. The minimum atomic E-state index is -4.67. The van der Waals surface area contributed by atoms with Crippen molar-refractivity contribution >= 4 is 33.4 Å². The minimum Gasteiger partial charge on any atom is -0.394 e. The van der Waals surface area contributed by atoms with Gasteiger partial charge in [0.2, 0.25) is 5.95 Å². The lowest BCUT2D eigenvalue weighted by atomic mass is 10.3. The van der Waals surface area contributed by atoms with Crippen LogP contribution in [0.1, 0.15) is 12.6 Å². The van der Waals surface area contributed by atoms with Crippen molar-refractivity contribution in [3.63, 3.8) is 0 Å². The van der Waals surface area contributed by atoms with Crippen molar-refractivity contribution in [1.82, 2.24) is 9.97 Å². The molecule has 1 heterocycles. The molecule has 0 amide bonds. The molecule has 5 nitrogen and oxygen atoms in total. The van der Waals surface area contributed by atoms with Crippen LogP contribution in [0, 0.1) is 5.82 Å². The molecule has 0 unspecified atom stereocenters. The molecule has 0 aliphatic carbocycles. The van der Waals surface area contributed by atoms with Gasteiger partial charge in [0.05, 0.1) is 12.3 Å². The molecule has 2 rings (SSSR count). The molecule has 0 fully saturated rings. The van der Waals surface area contributed by atoms with Crippen LogP contribution in [0.15, 0.2) is 28.7 Å². The number of hydrogen-bond donors (Lipinski definition) is 3. The largest absolute Gasteiger partial charge is 0.433 e. The summed E-state index contributed by atoms with van der Waals surface area (Å²) in [5.41, 5.74) is -0.810. The molecule has 3 N–H and O–H groups in total. The van der Waals surface area contributed by atoms with Gasteiger partial charge >= 0.3 is 6.18 Å². The highest BCUT2D eigenvalue weighted by Gasteiger charge is 2.34. The van der Waals surface area contributed by atoms with Crippen LogP contribution in [0.4, 0.5) is 35.0 Å². The standard InChI is InChI=1S/C14H13BrF4N4O/c1-7(6-24)20-13-22-11(14(17,18)19)5-12(23-13)21-10-3-2-8(16)4-9(10)15/h2-5,7,24H,6H2,1H3,(H2,20,21,22,23)/t7-/m0/s1. The van der Waals surface area contributed by atoms with Gasteiger partial charge in [0.1, 0.15) is 11.6 Å². The summed E-state index contributed by atoms with van der Waals surface area (Å²) in [5.74, 6) is -0.908. The topological polar surface area (TPSA) is 70.1 Å². The summed E-state index contributed by atoms with van der Waals surface area (Å²) in [6.07, 6.45) is -4.67. The molecule has 10 heteroatoms. The first-order valence-electron chi connectivity index (χ1n) is 6.75. The van der Waals surface area contributed by atoms with Gasteiger partial charge in [-0.2, -0.15) is 18.2 Å². The number of hydrogen-bond acceptors (Lipinski definition) is 5. The number of rotatable bonds is 5. The average Bonchev–Trinajstić information content (AvgIpc) is 2.49. The second-order valence-electron chi connectivity index (χ2n) is 4.94. The van der Waals surface area contributed by atoms with Crippen molar-refractivity contribution in [3.05, 3.63) is 40.2 Å². The van der Waals surface area contributed by atoms with Gasteiger partial charge in [0, 0.05) is 16.6 Å². The number of anilines is 3. The molecular formula is C14H13BrF4N4O. The lowest BCUT2D eigenvalue weighted by Gasteiger charge is -2.15. The molecule has 0 saturated carbocycles. The van der Waals surface area contributed by atoms with Crippen LogP contribution in [0.3, 0.4) is 0 Å². The molecule has 1 aromatic carbocycles. The van der Waals surface area contributed by atoms with Crippen LogP contribution in [0.2, 0.25) is 0 Å². The Hall–Kier alpha value is -1.94. The predicted octanol–water partition coefficient (Wildman–Crippen LogP) is 3.93. The third-order valence-electron chi connectivity index (χ3n) is 2.86. The lowest BCUT2D eigenvalue weighted by Crippen LogP contribution is -2.22. The van der Waals surface area contributed by atoms with Gasteiger partial charge in [-0.1, -0.05) is 0 Å². The van der Waals surface area contributed by atoms with Crippen LogP contribution in [0.5, 0.6) is 0 Å². The van der Waals surface area contributed by atoms with Crippen molar-refractivity contribution in [2.75, 3.05) is 17.2 Å². The van der Waals surface area contributed by atoms with E-state index >= 15 is 0 Å². The maximum atomic E-state index is 13.1. The summed E-state index contributed by atoms with van der Waals surface area (Å²) in [4.78, 5) is 7.34. The van der Waals surface area contributed by atoms with Crippen molar-refractivity contribution in [1.29, 1.82) is 0 Å². The van der Waals surface area contributed by atoms with E-state index in [1.54, 1.807) is 6.92 Å². The molecule has 0 spiro atoms. The number of benzene rings is 1. The van der Waals surface area contributed by atoms with E-state index in [4.69, 9.17) is 5.11 Å². The molecular weight excluding hydrogens is 396 g/mol. The van der Waals surface area contributed by atoms with E-state index in [1.807, 2.05) is 0 Å². The average molecular weight is 409 g/mol. The van der Waals surface area contributed by atoms with Crippen LogP contribution in [-0.4, -0.2) is 27.7 Å². The van der Waals surface area contributed by atoms with Gasteiger partial charge < -0.3 is 15.7 Å². The van der Waals surface area contributed by atoms with E-state index in [-0.39, 0.29) is 18.4 Å². The van der Waals surface area contributed by atoms with Crippen molar-refractivity contribution in [2.24, 2.45) is 0 Å². The second kappa shape index (κ2) is 7.31. The monoisotopic (exact) mass is 408 g/mol. The fourth-order valence-electron chi connectivity index (χ4n) is 1.72. The highest BCUT2D eigenvalue weighted by Crippen LogP contribution is 2.32. The van der Waals surface area contributed by atoms with Gasteiger partial charge in [-0.15, -0.1) is 0 Å². The van der Waals surface area contributed by atoms with Crippen molar-refractivity contribution in [3.8, 4) is 0 Å². The third-order valence-corrected chi connectivity index (χ3v) is 3.52. The summed E-state index contributed by atoms with van der Waals surface area (Å²) in [6.45, 7) is 1.26. The van der Waals surface area contributed by atoms with Crippen LogP contribution in [0.25, 0.3) is 0 Å². The van der Waals surface area contributed by atoms with E-state index in [1.165, 1.54) is 12.1 Å². The Balaban J connectivity index is 2.38. The Morgan fingerprint density at radius 1 is 1.25 bits per heavy atom. The Morgan fingerprint density at radius 2 is 1.96 bits per heavy atom. The first kappa shape index (κ1) is 18.4. The van der Waals surface area contributed by atoms with E-state index in [0.29, 0.717) is 10.2 Å². The van der Waals surface area contributed by atoms with Crippen LogP contribution in [-0.2, 0) is 6.18 Å². The van der Waals surface area contributed by atoms with E-state index in [0.717, 1.165) is 12.1 Å². The summed E-state index contributed by atoms with van der Waals surface area (Å²) < 4.78 is 52.4. The molecule has 0 aliphatic rings.